The number of piperidine rings is 1. The summed E-state index contributed by atoms with van der Waals surface area (Å²) in [4.78, 5) is 2.65. The van der Waals surface area contributed by atoms with Gasteiger partial charge in [-0.05, 0) is 68.3 Å². The number of anilines is 1. The van der Waals surface area contributed by atoms with Crippen LogP contribution in [0.3, 0.4) is 0 Å². The fourth-order valence-corrected chi connectivity index (χ4v) is 4.27. The van der Waals surface area contributed by atoms with Gasteiger partial charge in [-0.3, -0.25) is 0 Å². The van der Waals surface area contributed by atoms with E-state index in [1.54, 1.807) is 0 Å². The Balaban J connectivity index is 1.18. The lowest BCUT2D eigenvalue weighted by Crippen LogP contribution is -2.35. The van der Waals surface area contributed by atoms with Crippen molar-refractivity contribution in [1.29, 1.82) is 0 Å². The number of likely N-dealkylation sites (tertiary alicyclic amines) is 1. The second kappa shape index (κ2) is 9.05. The predicted octanol–water partition coefficient (Wildman–Crippen LogP) is 5.60. The molecule has 2 heteroatoms. The molecule has 0 amide bonds. The van der Waals surface area contributed by atoms with Gasteiger partial charge in [-0.2, -0.15) is 0 Å². The van der Waals surface area contributed by atoms with Crippen LogP contribution in [0.5, 0.6) is 0 Å². The molecule has 1 fully saturated rings. The van der Waals surface area contributed by atoms with Gasteiger partial charge >= 0.3 is 0 Å². The first-order valence-electron chi connectivity index (χ1n) is 10.4. The normalized spacial score (nSPS) is 15.9. The van der Waals surface area contributed by atoms with Gasteiger partial charge in [0.25, 0.3) is 0 Å². The van der Waals surface area contributed by atoms with Gasteiger partial charge in [0.15, 0.2) is 0 Å². The number of nitrogens with one attached hydrogen (secondary N) is 1. The van der Waals surface area contributed by atoms with Crippen LogP contribution in [0.4, 0.5) is 5.69 Å². The largest absolute Gasteiger partial charge is 0.384 e. The van der Waals surface area contributed by atoms with Gasteiger partial charge in [-0.15, -0.1) is 0 Å². The number of nitrogens with zero attached hydrogens (tertiary/aromatic N) is 1. The van der Waals surface area contributed by atoms with Crippen molar-refractivity contribution < 1.29 is 0 Å². The molecule has 0 bridgehead atoms. The molecule has 1 aliphatic rings. The molecule has 27 heavy (non-hydrogen) atoms. The zero-order valence-electron chi connectivity index (χ0n) is 16.1. The first-order valence-corrected chi connectivity index (χ1v) is 10.4. The van der Waals surface area contributed by atoms with Crippen molar-refractivity contribution in [2.24, 2.45) is 5.92 Å². The van der Waals surface area contributed by atoms with Crippen LogP contribution in [0.2, 0.25) is 0 Å². The summed E-state index contributed by atoms with van der Waals surface area (Å²) in [6.45, 7) is 4.76. The van der Waals surface area contributed by atoms with E-state index >= 15 is 0 Å². The molecule has 1 N–H and O–H groups in total. The third kappa shape index (κ3) is 4.90. The summed E-state index contributed by atoms with van der Waals surface area (Å²) in [6.07, 6.45) is 5.13. The fraction of sp³-hybridized carbons (Fsp3) is 0.360. The van der Waals surface area contributed by atoms with E-state index in [-0.39, 0.29) is 0 Å². The molecule has 3 aromatic rings. The van der Waals surface area contributed by atoms with Crippen molar-refractivity contribution in [3.8, 4) is 0 Å². The van der Waals surface area contributed by atoms with Crippen LogP contribution in [0.1, 0.15) is 24.8 Å². The van der Waals surface area contributed by atoms with Gasteiger partial charge < -0.3 is 10.2 Å². The average molecular weight is 359 g/mol. The number of hydrogen-bond donors (Lipinski definition) is 1. The molecular formula is C25H30N2. The second-order valence-electron chi connectivity index (χ2n) is 7.78. The zero-order valence-corrected chi connectivity index (χ0v) is 16.1. The Morgan fingerprint density at radius 2 is 1.56 bits per heavy atom. The summed E-state index contributed by atoms with van der Waals surface area (Å²) in [5.74, 6) is 0.859. The highest BCUT2D eigenvalue weighted by atomic mass is 15.1. The van der Waals surface area contributed by atoms with Gasteiger partial charge in [0, 0.05) is 17.6 Å². The zero-order chi connectivity index (χ0) is 18.3. The lowest BCUT2D eigenvalue weighted by Gasteiger charge is -2.32. The van der Waals surface area contributed by atoms with Crippen molar-refractivity contribution in [2.75, 3.05) is 31.5 Å². The van der Waals surface area contributed by atoms with Crippen molar-refractivity contribution >= 4 is 16.5 Å². The highest BCUT2D eigenvalue weighted by molar-refractivity contribution is 5.93. The summed E-state index contributed by atoms with van der Waals surface area (Å²) in [5, 5.41) is 6.27. The minimum atomic E-state index is 0.859. The molecule has 1 heterocycles. The van der Waals surface area contributed by atoms with Gasteiger partial charge in [-0.1, -0.05) is 66.7 Å². The van der Waals surface area contributed by atoms with Gasteiger partial charge in [0.05, 0.1) is 0 Å². The fourth-order valence-electron chi connectivity index (χ4n) is 4.27. The standard InChI is InChI=1S/C25H30N2/c1-2-8-21(9-3-1)20-22-14-18-27(19-15-22)17-7-16-26-25-13-6-11-23-10-4-5-12-24(23)25/h1-6,8-13,22,26H,7,14-20H2. The maximum absolute atomic E-state index is 3.64. The van der Waals surface area contributed by atoms with E-state index in [9.17, 15) is 0 Å². The topological polar surface area (TPSA) is 15.3 Å². The Hall–Kier alpha value is -2.32. The molecule has 4 rings (SSSR count). The van der Waals surface area contributed by atoms with E-state index in [1.165, 1.54) is 67.3 Å². The summed E-state index contributed by atoms with van der Waals surface area (Å²) in [5.41, 5.74) is 2.75. The molecule has 0 saturated carbocycles. The molecule has 0 radical (unpaired) electrons. The quantitative estimate of drug-likeness (QED) is 0.553. The first-order chi connectivity index (χ1) is 13.4. The molecule has 0 aromatic heterocycles. The van der Waals surface area contributed by atoms with E-state index < -0.39 is 0 Å². The molecule has 0 spiro atoms. The number of rotatable bonds is 7. The van der Waals surface area contributed by atoms with E-state index in [0.29, 0.717) is 0 Å². The van der Waals surface area contributed by atoms with Crippen LogP contribution >= 0.6 is 0 Å². The molecule has 2 nitrogen and oxygen atoms in total. The Bertz CT molecular complexity index is 830. The number of fused-ring (bicyclic) bond motifs is 1. The van der Waals surface area contributed by atoms with Crippen molar-refractivity contribution in [3.05, 3.63) is 78.4 Å². The molecule has 0 unspecified atom stereocenters. The molecule has 1 aliphatic heterocycles. The number of hydrogen-bond acceptors (Lipinski definition) is 2. The molecule has 1 saturated heterocycles. The van der Waals surface area contributed by atoms with Crippen molar-refractivity contribution in [3.63, 3.8) is 0 Å². The first kappa shape index (κ1) is 18.1. The third-order valence-corrected chi connectivity index (χ3v) is 5.83. The molecule has 0 aliphatic carbocycles. The highest BCUT2D eigenvalue weighted by Crippen LogP contribution is 2.23. The Labute approximate surface area is 163 Å². The predicted molar refractivity (Wildman–Crippen MR) is 116 cm³/mol. The molecule has 0 atom stereocenters. The van der Waals surface area contributed by atoms with E-state index in [2.05, 4.69) is 83.0 Å². The summed E-state index contributed by atoms with van der Waals surface area (Å²) in [7, 11) is 0. The maximum Gasteiger partial charge on any atom is 0.0419 e. The van der Waals surface area contributed by atoms with Crippen LogP contribution < -0.4 is 5.32 Å². The molecule has 140 valence electrons. The SMILES string of the molecule is c1ccc(CC2CCN(CCCNc3cccc4ccccc34)CC2)cc1. The van der Waals surface area contributed by atoms with Crippen LogP contribution in [-0.4, -0.2) is 31.1 Å². The Morgan fingerprint density at radius 1 is 0.815 bits per heavy atom. The summed E-state index contributed by atoms with van der Waals surface area (Å²) in [6, 6.07) is 26.1. The van der Waals surface area contributed by atoms with Crippen molar-refractivity contribution in [2.45, 2.75) is 25.7 Å². The summed E-state index contributed by atoms with van der Waals surface area (Å²) < 4.78 is 0. The summed E-state index contributed by atoms with van der Waals surface area (Å²) >= 11 is 0. The minimum Gasteiger partial charge on any atom is -0.384 e. The monoisotopic (exact) mass is 358 g/mol. The van der Waals surface area contributed by atoms with E-state index in [1.807, 2.05) is 0 Å². The van der Waals surface area contributed by atoms with Gasteiger partial charge in [0.2, 0.25) is 0 Å². The second-order valence-corrected chi connectivity index (χ2v) is 7.78. The number of benzene rings is 3. The van der Waals surface area contributed by atoms with Crippen LogP contribution in [0.15, 0.2) is 72.8 Å². The van der Waals surface area contributed by atoms with Crippen molar-refractivity contribution in [1.82, 2.24) is 4.90 Å². The van der Waals surface area contributed by atoms with Crippen LogP contribution in [0, 0.1) is 5.92 Å². The lowest BCUT2D eigenvalue weighted by molar-refractivity contribution is 0.183. The van der Waals surface area contributed by atoms with Crippen LogP contribution in [-0.2, 0) is 6.42 Å². The lowest BCUT2D eigenvalue weighted by atomic mass is 9.90. The smallest absolute Gasteiger partial charge is 0.0419 e. The van der Waals surface area contributed by atoms with E-state index in [0.717, 1.165) is 12.5 Å². The molecular weight excluding hydrogens is 328 g/mol. The van der Waals surface area contributed by atoms with Gasteiger partial charge in [-0.25, -0.2) is 0 Å². The Morgan fingerprint density at radius 3 is 2.41 bits per heavy atom. The average Bonchev–Trinajstić information content (AvgIpc) is 2.73. The highest BCUT2D eigenvalue weighted by Gasteiger charge is 2.18. The maximum atomic E-state index is 3.64. The van der Waals surface area contributed by atoms with Gasteiger partial charge in [0.1, 0.15) is 0 Å². The Kier molecular flexibility index (Phi) is 6.06. The third-order valence-electron chi connectivity index (χ3n) is 5.83. The minimum absolute atomic E-state index is 0.859. The molecule has 3 aromatic carbocycles. The van der Waals surface area contributed by atoms with Crippen LogP contribution in [0.25, 0.3) is 10.8 Å². The van der Waals surface area contributed by atoms with E-state index in [4.69, 9.17) is 0 Å².